The topological polar surface area (TPSA) is 129 Å². The minimum absolute atomic E-state index is 0.00745. The first-order valence-electron chi connectivity index (χ1n) is 8.16. The molecule has 0 amide bonds. The molecule has 146 valence electrons. The Bertz CT molecular complexity index is 1090. The largest absolute Gasteiger partial charge is 0.485 e. The number of nitrogens with zero attached hydrogens (tertiary/aromatic N) is 2. The van der Waals surface area contributed by atoms with Crippen molar-refractivity contribution in [3.8, 4) is 17.6 Å². The zero-order valence-corrected chi connectivity index (χ0v) is 15.9. The Balaban J connectivity index is 2.12. The van der Waals surface area contributed by atoms with E-state index >= 15 is 0 Å². The molecule has 0 aromatic heterocycles. The maximum atomic E-state index is 12.3. The van der Waals surface area contributed by atoms with Crippen molar-refractivity contribution < 1.29 is 27.0 Å². The average molecular weight is 404 g/mol. The second-order valence-corrected chi connectivity index (χ2v) is 7.74. The molecule has 0 aliphatic carbocycles. The molecule has 0 radical (unpaired) electrons. The third kappa shape index (κ3) is 3.49. The molecule has 28 heavy (non-hydrogen) atoms. The summed E-state index contributed by atoms with van der Waals surface area (Å²) in [5.74, 6) is 0.324. The van der Waals surface area contributed by atoms with Crippen molar-refractivity contribution in [3.63, 3.8) is 0 Å². The van der Waals surface area contributed by atoms with Crippen LogP contribution in [0.2, 0.25) is 0 Å². The van der Waals surface area contributed by atoms with Gasteiger partial charge in [-0.25, -0.2) is 0 Å². The van der Waals surface area contributed by atoms with Crippen molar-refractivity contribution in [1.82, 2.24) is 0 Å². The fourth-order valence-corrected chi connectivity index (χ4v) is 3.89. The quantitative estimate of drug-likeness (QED) is 0.423. The van der Waals surface area contributed by atoms with Gasteiger partial charge in [0.25, 0.3) is 15.8 Å². The highest BCUT2D eigenvalue weighted by atomic mass is 32.2. The van der Waals surface area contributed by atoms with Crippen LogP contribution >= 0.6 is 0 Å². The third-order valence-corrected chi connectivity index (χ3v) is 5.65. The van der Waals surface area contributed by atoms with Gasteiger partial charge in [-0.05, 0) is 19.1 Å². The Morgan fingerprint density at radius 1 is 1.36 bits per heavy atom. The van der Waals surface area contributed by atoms with Crippen LogP contribution < -0.4 is 9.47 Å². The van der Waals surface area contributed by atoms with Gasteiger partial charge in [0.1, 0.15) is 11.5 Å². The van der Waals surface area contributed by atoms with Crippen LogP contribution in [0.5, 0.6) is 11.5 Å². The number of hydrogen-bond donors (Lipinski definition) is 0. The molecule has 1 atom stereocenters. The van der Waals surface area contributed by atoms with Crippen LogP contribution in [-0.4, -0.2) is 27.1 Å². The molecule has 0 fully saturated rings. The van der Waals surface area contributed by atoms with Crippen molar-refractivity contribution in [2.45, 2.75) is 24.3 Å². The molecule has 1 aliphatic heterocycles. The second-order valence-electron chi connectivity index (χ2n) is 6.06. The van der Waals surface area contributed by atoms with E-state index in [1.54, 1.807) is 19.1 Å². The molecule has 0 spiro atoms. The first-order chi connectivity index (χ1) is 13.3. The first kappa shape index (κ1) is 19.6. The van der Waals surface area contributed by atoms with Crippen molar-refractivity contribution >= 4 is 15.8 Å². The Hall–Kier alpha value is -3.16. The molecule has 1 heterocycles. The lowest BCUT2D eigenvalue weighted by atomic mass is 10.0. The van der Waals surface area contributed by atoms with Gasteiger partial charge in [0.15, 0.2) is 17.6 Å². The third-order valence-electron chi connectivity index (χ3n) is 4.30. The van der Waals surface area contributed by atoms with Crippen LogP contribution in [0.25, 0.3) is 0 Å². The lowest BCUT2D eigenvalue weighted by Crippen LogP contribution is -2.25. The molecular formula is C18H16N2O7S. The van der Waals surface area contributed by atoms with Gasteiger partial charge in [-0.3, -0.25) is 14.3 Å². The van der Waals surface area contributed by atoms with E-state index in [1.165, 1.54) is 18.2 Å². The van der Waals surface area contributed by atoms with Crippen molar-refractivity contribution in [3.05, 3.63) is 57.1 Å². The number of aryl methyl sites for hydroxylation is 1. The molecule has 9 nitrogen and oxygen atoms in total. The first-order valence-corrected chi connectivity index (χ1v) is 9.57. The van der Waals surface area contributed by atoms with Gasteiger partial charge in [-0.15, -0.1) is 0 Å². The Morgan fingerprint density at radius 3 is 2.75 bits per heavy atom. The van der Waals surface area contributed by atoms with Crippen molar-refractivity contribution in [2.24, 2.45) is 0 Å². The predicted molar refractivity (Wildman–Crippen MR) is 96.7 cm³/mol. The van der Waals surface area contributed by atoms with Gasteiger partial charge < -0.3 is 9.47 Å². The van der Waals surface area contributed by atoms with Crippen LogP contribution in [0.3, 0.4) is 0 Å². The lowest BCUT2D eigenvalue weighted by Gasteiger charge is -2.29. The van der Waals surface area contributed by atoms with E-state index < -0.39 is 21.1 Å². The van der Waals surface area contributed by atoms with Crippen molar-refractivity contribution in [2.75, 3.05) is 13.7 Å². The summed E-state index contributed by atoms with van der Waals surface area (Å²) in [4.78, 5) is 10.6. The molecule has 2 aromatic rings. The number of fused-ring (bicyclic) bond motifs is 1. The SMILES string of the molecule is COS(=O)(=O)c1ccc(C)cc1C1COc2ccc([N+](=O)[O-])c(CC#N)c2O1. The molecule has 0 N–H and O–H groups in total. The zero-order valence-electron chi connectivity index (χ0n) is 15.0. The number of benzene rings is 2. The molecular weight excluding hydrogens is 388 g/mol. The summed E-state index contributed by atoms with van der Waals surface area (Å²) in [7, 11) is -2.95. The standard InChI is InChI=1S/C18H16N2O7S/c1-11-3-6-17(28(23,24)25-2)13(9-11)16-10-26-15-5-4-14(20(21)22)12(7-8-19)18(15)27-16/h3-6,9,16H,7,10H2,1-2H3. The van der Waals surface area contributed by atoms with E-state index in [0.717, 1.165) is 12.7 Å². The summed E-state index contributed by atoms with van der Waals surface area (Å²) >= 11 is 0. The Morgan fingerprint density at radius 2 is 2.11 bits per heavy atom. The number of hydrogen-bond acceptors (Lipinski definition) is 8. The number of nitro benzene ring substituents is 1. The Labute approximate surface area is 161 Å². The van der Waals surface area contributed by atoms with E-state index in [1.807, 2.05) is 6.07 Å². The summed E-state index contributed by atoms with van der Waals surface area (Å²) in [5, 5.41) is 20.4. The number of nitro groups is 1. The fraction of sp³-hybridized carbons (Fsp3) is 0.278. The smallest absolute Gasteiger partial charge is 0.297 e. The maximum absolute atomic E-state index is 12.3. The summed E-state index contributed by atoms with van der Waals surface area (Å²) < 4.78 is 40.8. The highest BCUT2D eigenvalue weighted by molar-refractivity contribution is 7.86. The second kappa shape index (κ2) is 7.46. The fourth-order valence-electron chi connectivity index (χ4n) is 2.99. The van der Waals surface area contributed by atoms with Crippen LogP contribution in [0.15, 0.2) is 35.2 Å². The highest BCUT2D eigenvalue weighted by Crippen LogP contribution is 2.44. The molecule has 3 rings (SSSR count). The van der Waals surface area contributed by atoms with E-state index in [4.69, 9.17) is 14.7 Å². The summed E-state index contributed by atoms with van der Waals surface area (Å²) in [6.07, 6.45) is -1.11. The average Bonchev–Trinajstić information content (AvgIpc) is 2.67. The summed E-state index contributed by atoms with van der Waals surface area (Å²) in [5.41, 5.74) is 0.912. The minimum Gasteiger partial charge on any atom is -0.485 e. The van der Waals surface area contributed by atoms with Crippen molar-refractivity contribution in [1.29, 1.82) is 5.26 Å². The monoisotopic (exact) mass is 404 g/mol. The summed E-state index contributed by atoms with van der Waals surface area (Å²) in [6.45, 7) is 1.78. The van der Waals surface area contributed by atoms with Gasteiger partial charge >= 0.3 is 0 Å². The highest BCUT2D eigenvalue weighted by Gasteiger charge is 2.33. The number of rotatable bonds is 5. The van der Waals surface area contributed by atoms with Crippen LogP contribution in [0, 0.1) is 28.4 Å². The molecule has 2 aromatic carbocycles. The Kier molecular flexibility index (Phi) is 5.22. The van der Waals surface area contributed by atoms with E-state index in [-0.39, 0.29) is 40.7 Å². The van der Waals surface area contributed by atoms with E-state index in [2.05, 4.69) is 4.18 Å². The molecule has 0 bridgehead atoms. The molecule has 0 saturated heterocycles. The molecule has 1 aliphatic rings. The molecule has 0 saturated carbocycles. The van der Waals surface area contributed by atoms with Gasteiger partial charge in [0, 0.05) is 11.6 Å². The van der Waals surface area contributed by atoms with Crippen LogP contribution in [0.1, 0.15) is 22.8 Å². The zero-order chi connectivity index (χ0) is 20.5. The summed E-state index contributed by atoms with van der Waals surface area (Å²) in [6, 6.07) is 9.20. The van der Waals surface area contributed by atoms with Gasteiger partial charge in [-0.2, -0.15) is 13.7 Å². The molecule has 1 unspecified atom stereocenters. The minimum atomic E-state index is -4.01. The van der Waals surface area contributed by atoms with E-state index in [9.17, 15) is 18.5 Å². The number of ether oxygens (including phenoxy) is 2. The predicted octanol–water partition coefficient (Wildman–Crippen LogP) is 2.82. The van der Waals surface area contributed by atoms with Gasteiger partial charge in [0.05, 0.1) is 30.1 Å². The van der Waals surface area contributed by atoms with Crippen LogP contribution in [-0.2, 0) is 20.7 Å². The lowest BCUT2D eigenvalue weighted by molar-refractivity contribution is -0.385. The van der Waals surface area contributed by atoms with E-state index in [0.29, 0.717) is 5.56 Å². The normalized spacial score (nSPS) is 15.7. The number of nitriles is 1. The van der Waals surface area contributed by atoms with Crippen LogP contribution in [0.4, 0.5) is 5.69 Å². The molecule has 10 heteroatoms. The maximum Gasteiger partial charge on any atom is 0.297 e. The van der Waals surface area contributed by atoms with Gasteiger partial charge in [-0.1, -0.05) is 17.7 Å². The van der Waals surface area contributed by atoms with Gasteiger partial charge in [0.2, 0.25) is 0 Å².